The lowest BCUT2D eigenvalue weighted by molar-refractivity contribution is -0.140. The van der Waals surface area contributed by atoms with Crippen molar-refractivity contribution in [1.82, 2.24) is 15.1 Å². The molecular weight excluding hydrogens is 248 g/mol. The Balaban J connectivity index is 1.71. The molecule has 0 atom stereocenters. The highest BCUT2D eigenvalue weighted by atomic mass is 16.2. The number of carbonyl (C=O) groups is 3. The summed E-state index contributed by atoms with van der Waals surface area (Å²) in [4.78, 5) is 38.1. The summed E-state index contributed by atoms with van der Waals surface area (Å²) < 4.78 is 0. The summed E-state index contributed by atoms with van der Waals surface area (Å²) in [6, 6.07) is 0. The Labute approximate surface area is 112 Å². The molecule has 1 saturated heterocycles. The molecule has 2 aliphatic rings. The Kier molecular flexibility index (Phi) is 4.36. The molecule has 0 aromatic heterocycles. The van der Waals surface area contributed by atoms with E-state index in [0.29, 0.717) is 26.2 Å². The van der Waals surface area contributed by atoms with Gasteiger partial charge in [-0.25, -0.2) is 0 Å². The van der Waals surface area contributed by atoms with Crippen LogP contribution in [0.2, 0.25) is 0 Å². The maximum Gasteiger partial charge on any atom is 0.242 e. The molecule has 1 heterocycles. The quantitative estimate of drug-likeness (QED) is 0.625. The summed E-state index contributed by atoms with van der Waals surface area (Å²) in [5.41, 5.74) is 5.14. The Morgan fingerprint density at radius 2 is 1.63 bits per heavy atom. The second-order valence-corrected chi connectivity index (χ2v) is 4.96. The van der Waals surface area contributed by atoms with Gasteiger partial charge < -0.3 is 20.9 Å². The Hall–Kier alpha value is -1.63. The maximum absolute atomic E-state index is 11.8. The van der Waals surface area contributed by atoms with Crippen molar-refractivity contribution in [3.8, 4) is 0 Å². The lowest BCUT2D eigenvalue weighted by Gasteiger charge is -2.35. The summed E-state index contributed by atoms with van der Waals surface area (Å²) in [7, 11) is 0. The van der Waals surface area contributed by atoms with Crippen LogP contribution in [0.5, 0.6) is 0 Å². The molecule has 3 amide bonds. The first-order valence-electron chi connectivity index (χ1n) is 6.65. The maximum atomic E-state index is 11.8. The van der Waals surface area contributed by atoms with Gasteiger partial charge in [-0.3, -0.25) is 14.4 Å². The van der Waals surface area contributed by atoms with Gasteiger partial charge in [-0.2, -0.15) is 0 Å². The predicted molar refractivity (Wildman–Crippen MR) is 67.9 cm³/mol. The van der Waals surface area contributed by atoms with Crippen molar-refractivity contribution in [2.24, 2.45) is 11.7 Å². The lowest BCUT2D eigenvalue weighted by Crippen LogP contribution is -2.53. The van der Waals surface area contributed by atoms with Gasteiger partial charge in [-0.15, -0.1) is 0 Å². The number of piperazine rings is 1. The molecule has 0 spiro atoms. The first-order valence-corrected chi connectivity index (χ1v) is 6.65. The second kappa shape index (κ2) is 6.01. The predicted octanol–water partition coefficient (Wildman–Crippen LogP) is -1.86. The molecule has 7 heteroatoms. The molecular formula is C12H20N4O3. The van der Waals surface area contributed by atoms with Crippen LogP contribution in [0.4, 0.5) is 0 Å². The summed E-state index contributed by atoms with van der Waals surface area (Å²) in [5.74, 6) is -0.00848. The molecule has 2 fully saturated rings. The van der Waals surface area contributed by atoms with Crippen LogP contribution >= 0.6 is 0 Å². The zero-order valence-corrected chi connectivity index (χ0v) is 10.9. The van der Waals surface area contributed by atoms with Crippen molar-refractivity contribution < 1.29 is 14.4 Å². The van der Waals surface area contributed by atoms with Crippen LogP contribution in [0.25, 0.3) is 0 Å². The van der Waals surface area contributed by atoms with Crippen LogP contribution in [-0.4, -0.2) is 66.8 Å². The van der Waals surface area contributed by atoms with E-state index in [2.05, 4.69) is 5.32 Å². The number of nitrogens with two attached hydrogens (primary N) is 1. The van der Waals surface area contributed by atoms with E-state index in [0.717, 1.165) is 12.8 Å². The monoisotopic (exact) mass is 268 g/mol. The van der Waals surface area contributed by atoms with E-state index in [4.69, 9.17) is 5.73 Å². The van der Waals surface area contributed by atoms with Crippen molar-refractivity contribution >= 4 is 17.7 Å². The third-order valence-electron chi connectivity index (χ3n) is 3.49. The summed E-state index contributed by atoms with van der Waals surface area (Å²) in [6.07, 6.45) is 2.01. The molecule has 7 nitrogen and oxygen atoms in total. The third kappa shape index (κ3) is 3.66. The van der Waals surface area contributed by atoms with E-state index in [1.54, 1.807) is 4.90 Å². The van der Waals surface area contributed by atoms with E-state index in [-0.39, 0.29) is 36.7 Å². The van der Waals surface area contributed by atoms with Crippen LogP contribution in [0.15, 0.2) is 0 Å². The minimum atomic E-state index is -0.337. The normalized spacial score (nSPS) is 19.2. The van der Waals surface area contributed by atoms with Crippen molar-refractivity contribution in [3.05, 3.63) is 0 Å². The fourth-order valence-electron chi connectivity index (χ4n) is 2.12. The standard InChI is InChI=1S/C12H20N4O3/c13-7-10(17)14-8-11(18)15-3-5-16(6-4-15)12(19)9-1-2-9/h9H,1-8,13H2,(H,14,17). The van der Waals surface area contributed by atoms with Crippen LogP contribution in [0.1, 0.15) is 12.8 Å². The van der Waals surface area contributed by atoms with Gasteiger partial charge in [0.15, 0.2) is 0 Å². The topological polar surface area (TPSA) is 95.7 Å². The number of carbonyl (C=O) groups excluding carboxylic acids is 3. The molecule has 1 aliphatic carbocycles. The Bertz CT molecular complexity index is 373. The Morgan fingerprint density at radius 3 is 2.16 bits per heavy atom. The highest BCUT2D eigenvalue weighted by Gasteiger charge is 2.35. The van der Waals surface area contributed by atoms with E-state index in [1.165, 1.54) is 0 Å². The van der Waals surface area contributed by atoms with Gasteiger partial charge in [0, 0.05) is 32.1 Å². The molecule has 1 saturated carbocycles. The minimum absolute atomic E-state index is 0.0212. The van der Waals surface area contributed by atoms with Gasteiger partial charge in [0.1, 0.15) is 0 Å². The number of amides is 3. The number of rotatable bonds is 4. The molecule has 0 bridgehead atoms. The number of nitrogens with zero attached hydrogens (tertiary/aromatic N) is 2. The molecule has 106 valence electrons. The second-order valence-electron chi connectivity index (χ2n) is 4.96. The fourth-order valence-corrected chi connectivity index (χ4v) is 2.12. The van der Waals surface area contributed by atoms with Crippen molar-refractivity contribution in [1.29, 1.82) is 0 Å². The molecule has 1 aliphatic heterocycles. The number of hydrogen-bond acceptors (Lipinski definition) is 4. The first kappa shape index (κ1) is 13.8. The summed E-state index contributed by atoms with van der Waals surface area (Å²) >= 11 is 0. The number of nitrogens with one attached hydrogen (secondary N) is 1. The zero-order chi connectivity index (χ0) is 13.8. The third-order valence-corrected chi connectivity index (χ3v) is 3.49. The van der Waals surface area contributed by atoms with E-state index in [1.807, 2.05) is 4.90 Å². The fraction of sp³-hybridized carbons (Fsp3) is 0.750. The van der Waals surface area contributed by atoms with E-state index >= 15 is 0 Å². The average Bonchev–Trinajstić information content (AvgIpc) is 3.28. The smallest absolute Gasteiger partial charge is 0.242 e. The van der Waals surface area contributed by atoms with Crippen LogP contribution < -0.4 is 11.1 Å². The highest BCUT2D eigenvalue weighted by molar-refractivity contribution is 5.86. The largest absolute Gasteiger partial charge is 0.346 e. The molecule has 19 heavy (non-hydrogen) atoms. The average molecular weight is 268 g/mol. The zero-order valence-electron chi connectivity index (χ0n) is 10.9. The number of hydrogen-bond donors (Lipinski definition) is 2. The van der Waals surface area contributed by atoms with Gasteiger partial charge in [0.2, 0.25) is 17.7 Å². The van der Waals surface area contributed by atoms with Gasteiger partial charge >= 0.3 is 0 Å². The van der Waals surface area contributed by atoms with Crippen molar-refractivity contribution in [2.45, 2.75) is 12.8 Å². The summed E-state index contributed by atoms with van der Waals surface area (Å²) in [6.45, 7) is 2.12. The van der Waals surface area contributed by atoms with Gasteiger partial charge in [-0.05, 0) is 12.8 Å². The molecule has 0 unspecified atom stereocenters. The van der Waals surface area contributed by atoms with E-state index < -0.39 is 0 Å². The first-order chi connectivity index (χ1) is 9.11. The lowest BCUT2D eigenvalue weighted by atomic mass is 10.2. The van der Waals surface area contributed by atoms with Crippen LogP contribution in [0.3, 0.4) is 0 Å². The summed E-state index contributed by atoms with van der Waals surface area (Å²) in [5, 5.41) is 2.46. The Morgan fingerprint density at radius 1 is 1.05 bits per heavy atom. The molecule has 0 aromatic carbocycles. The molecule has 0 radical (unpaired) electrons. The molecule has 2 rings (SSSR count). The van der Waals surface area contributed by atoms with Crippen molar-refractivity contribution in [2.75, 3.05) is 39.3 Å². The van der Waals surface area contributed by atoms with Gasteiger partial charge in [0.05, 0.1) is 13.1 Å². The highest BCUT2D eigenvalue weighted by Crippen LogP contribution is 2.31. The molecule has 0 aromatic rings. The minimum Gasteiger partial charge on any atom is -0.346 e. The SMILES string of the molecule is NCC(=O)NCC(=O)N1CCN(C(=O)C2CC2)CC1. The van der Waals surface area contributed by atoms with Crippen LogP contribution in [-0.2, 0) is 14.4 Å². The molecule has 3 N–H and O–H groups in total. The van der Waals surface area contributed by atoms with E-state index in [9.17, 15) is 14.4 Å². The van der Waals surface area contributed by atoms with Crippen molar-refractivity contribution in [3.63, 3.8) is 0 Å². The van der Waals surface area contributed by atoms with Crippen LogP contribution in [0, 0.1) is 5.92 Å². The van der Waals surface area contributed by atoms with Gasteiger partial charge in [-0.1, -0.05) is 0 Å². The van der Waals surface area contributed by atoms with Gasteiger partial charge in [0.25, 0.3) is 0 Å².